The number of aliphatic hydroxyl groups is 1. The average molecular weight is 304 g/mol. The Hall–Kier alpha value is -0.250. The maximum Gasteiger partial charge on any atom is 0.389 e. The van der Waals surface area contributed by atoms with Crippen molar-refractivity contribution in [3.63, 3.8) is 0 Å². The molecule has 0 aromatic carbocycles. The Bertz CT molecular complexity index is 399. The zero-order valence-corrected chi connectivity index (χ0v) is 13.1. The zero-order chi connectivity index (χ0) is 15.5. The Morgan fingerprint density at radius 3 is 2.10 bits per heavy atom. The van der Waals surface area contributed by atoms with Crippen LogP contribution in [0.2, 0.25) is 0 Å². The number of hydrogen-bond donors (Lipinski definition) is 1. The van der Waals surface area contributed by atoms with E-state index in [-0.39, 0.29) is 11.8 Å². The van der Waals surface area contributed by atoms with Crippen molar-refractivity contribution in [1.29, 1.82) is 0 Å². The summed E-state index contributed by atoms with van der Waals surface area (Å²) in [5.74, 6) is 0.728. The Kier molecular flexibility index (Phi) is 3.44. The van der Waals surface area contributed by atoms with Crippen LogP contribution in [0.15, 0.2) is 0 Å². The standard InChI is InChI=1S/C17H27F3O/c1-14-5-12-6-15(2,9-14)11-16(7-12,10-14)8-13(21)3-4-17(18,19)20/h12-13,21H,3-11H2,1-2H3. The number of halogens is 3. The maximum atomic E-state index is 12.3. The van der Waals surface area contributed by atoms with Crippen LogP contribution >= 0.6 is 0 Å². The molecule has 0 aromatic rings. The topological polar surface area (TPSA) is 20.2 Å². The lowest BCUT2D eigenvalue weighted by molar-refractivity contribution is -0.163. The molecule has 3 atom stereocenters. The minimum Gasteiger partial charge on any atom is -0.393 e. The van der Waals surface area contributed by atoms with Gasteiger partial charge < -0.3 is 5.11 Å². The lowest BCUT2D eigenvalue weighted by Gasteiger charge is -2.66. The first-order valence-corrected chi connectivity index (χ1v) is 8.26. The summed E-state index contributed by atoms with van der Waals surface area (Å²) in [4.78, 5) is 0. The highest BCUT2D eigenvalue weighted by atomic mass is 19.4. The summed E-state index contributed by atoms with van der Waals surface area (Å²) >= 11 is 0. The number of aliphatic hydroxyl groups excluding tert-OH is 1. The lowest BCUT2D eigenvalue weighted by atomic mass is 9.39. The van der Waals surface area contributed by atoms with Gasteiger partial charge in [0.2, 0.25) is 0 Å². The normalized spacial score (nSPS) is 46.9. The summed E-state index contributed by atoms with van der Waals surface area (Å²) < 4.78 is 37.0. The quantitative estimate of drug-likeness (QED) is 0.768. The summed E-state index contributed by atoms with van der Waals surface area (Å²) in [5, 5.41) is 10.1. The summed E-state index contributed by atoms with van der Waals surface area (Å²) in [5.41, 5.74) is 0.823. The summed E-state index contributed by atoms with van der Waals surface area (Å²) in [6.07, 6.45) is 1.79. The molecule has 0 heterocycles. The predicted molar refractivity (Wildman–Crippen MR) is 75.8 cm³/mol. The minimum atomic E-state index is -4.15. The molecule has 4 saturated carbocycles. The average Bonchev–Trinajstić information content (AvgIpc) is 2.19. The first-order valence-electron chi connectivity index (χ1n) is 8.26. The second-order valence-corrected chi connectivity index (χ2v) is 9.14. The van der Waals surface area contributed by atoms with Gasteiger partial charge in [-0.15, -0.1) is 0 Å². The van der Waals surface area contributed by atoms with E-state index in [1.807, 2.05) is 0 Å². The van der Waals surface area contributed by atoms with Crippen LogP contribution in [0.1, 0.15) is 71.6 Å². The Labute approximate surface area is 125 Å². The molecule has 0 amide bonds. The Balaban J connectivity index is 1.67. The molecule has 1 nitrogen and oxygen atoms in total. The van der Waals surface area contributed by atoms with E-state index >= 15 is 0 Å². The van der Waals surface area contributed by atoms with Crippen molar-refractivity contribution >= 4 is 0 Å². The summed E-state index contributed by atoms with van der Waals surface area (Å²) in [6, 6.07) is 0. The third kappa shape index (κ3) is 3.25. The third-order valence-electron chi connectivity index (χ3n) is 6.17. The molecular formula is C17H27F3O. The first kappa shape index (κ1) is 15.6. The van der Waals surface area contributed by atoms with Crippen molar-refractivity contribution in [2.24, 2.45) is 22.2 Å². The second-order valence-electron chi connectivity index (χ2n) is 9.14. The van der Waals surface area contributed by atoms with Crippen LogP contribution in [0.3, 0.4) is 0 Å². The van der Waals surface area contributed by atoms with Gasteiger partial charge in [0, 0.05) is 6.42 Å². The molecular weight excluding hydrogens is 277 g/mol. The van der Waals surface area contributed by atoms with Crippen molar-refractivity contribution in [3.05, 3.63) is 0 Å². The molecule has 4 heteroatoms. The molecule has 4 bridgehead atoms. The van der Waals surface area contributed by atoms with E-state index in [1.165, 1.54) is 19.3 Å². The van der Waals surface area contributed by atoms with Crippen LogP contribution in [-0.4, -0.2) is 17.4 Å². The van der Waals surface area contributed by atoms with Gasteiger partial charge in [0.15, 0.2) is 0 Å². The Morgan fingerprint density at radius 2 is 1.62 bits per heavy atom. The predicted octanol–water partition coefficient (Wildman–Crippen LogP) is 5.08. The van der Waals surface area contributed by atoms with Gasteiger partial charge in [0.05, 0.1) is 6.10 Å². The van der Waals surface area contributed by atoms with Crippen molar-refractivity contribution in [3.8, 4) is 0 Å². The lowest BCUT2D eigenvalue weighted by Crippen LogP contribution is -2.55. The summed E-state index contributed by atoms with van der Waals surface area (Å²) in [7, 11) is 0. The second kappa shape index (κ2) is 4.62. The number of alkyl halides is 3. The maximum absolute atomic E-state index is 12.3. The molecule has 1 N–H and O–H groups in total. The molecule has 0 spiro atoms. The highest BCUT2D eigenvalue weighted by Crippen LogP contribution is 2.70. The number of rotatable bonds is 4. The fourth-order valence-corrected chi connectivity index (χ4v) is 6.84. The van der Waals surface area contributed by atoms with Crippen LogP contribution < -0.4 is 0 Å². The van der Waals surface area contributed by atoms with E-state index in [9.17, 15) is 18.3 Å². The van der Waals surface area contributed by atoms with Crippen LogP contribution in [0, 0.1) is 22.2 Å². The fourth-order valence-electron chi connectivity index (χ4n) is 6.84. The molecule has 0 aliphatic heterocycles. The van der Waals surface area contributed by atoms with E-state index in [2.05, 4.69) is 13.8 Å². The monoisotopic (exact) mass is 304 g/mol. The molecule has 0 radical (unpaired) electrons. The van der Waals surface area contributed by atoms with E-state index in [4.69, 9.17) is 0 Å². The van der Waals surface area contributed by atoms with Crippen molar-refractivity contribution in [2.75, 3.05) is 0 Å². The molecule has 0 aromatic heterocycles. The third-order valence-corrected chi connectivity index (χ3v) is 6.17. The molecule has 3 unspecified atom stereocenters. The highest BCUT2D eigenvalue weighted by molar-refractivity contribution is 5.10. The van der Waals surface area contributed by atoms with Crippen LogP contribution in [0.4, 0.5) is 13.2 Å². The molecule has 4 aliphatic carbocycles. The molecule has 4 aliphatic rings. The van der Waals surface area contributed by atoms with Gasteiger partial charge in [-0.25, -0.2) is 0 Å². The van der Waals surface area contributed by atoms with Crippen LogP contribution in [0.5, 0.6) is 0 Å². The van der Waals surface area contributed by atoms with Gasteiger partial charge in [0.1, 0.15) is 0 Å². The van der Waals surface area contributed by atoms with Gasteiger partial charge in [-0.1, -0.05) is 13.8 Å². The molecule has 4 rings (SSSR count). The zero-order valence-electron chi connectivity index (χ0n) is 13.1. The van der Waals surface area contributed by atoms with E-state index in [1.54, 1.807) is 0 Å². The first-order chi connectivity index (χ1) is 9.51. The minimum absolute atomic E-state index is 0.105. The van der Waals surface area contributed by atoms with Gasteiger partial charge in [-0.05, 0) is 73.5 Å². The van der Waals surface area contributed by atoms with E-state index < -0.39 is 18.7 Å². The van der Waals surface area contributed by atoms with Crippen LogP contribution in [0.25, 0.3) is 0 Å². The van der Waals surface area contributed by atoms with Crippen LogP contribution in [-0.2, 0) is 0 Å². The van der Waals surface area contributed by atoms with Gasteiger partial charge in [-0.3, -0.25) is 0 Å². The number of hydrogen-bond acceptors (Lipinski definition) is 1. The Morgan fingerprint density at radius 1 is 1.05 bits per heavy atom. The van der Waals surface area contributed by atoms with Crippen molar-refractivity contribution in [2.45, 2.75) is 83.9 Å². The SMILES string of the molecule is CC12CC3CC(C)(C1)CC(CC(O)CCC(F)(F)F)(C3)C2. The van der Waals surface area contributed by atoms with Crippen molar-refractivity contribution < 1.29 is 18.3 Å². The van der Waals surface area contributed by atoms with Gasteiger partial charge in [0.25, 0.3) is 0 Å². The highest BCUT2D eigenvalue weighted by Gasteiger charge is 2.60. The largest absolute Gasteiger partial charge is 0.393 e. The van der Waals surface area contributed by atoms with Crippen molar-refractivity contribution in [1.82, 2.24) is 0 Å². The molecule has 4 fully saturated rings. The molecule has 122 valence electrons. The van der Waals surface area contributed by atoms with Gasteiger partial charge >= 0.3 is 6.18 Å². The fraction of sp³-hybridized carbons (Fsp3) is 1.00. The van der Waals surface area contributed by atoms with E-state index in [0.29, 0.717) is 17.3 Å². The van der Waals surface area contributed by atoms with Gasteiger partial charge in [-0.2, -0.15) is 13.2 Å². The molecule has 21 heavy (non-hydrogen) atoms. The molecule has 0 saturated heterocycles. The van der Waals surface area contributed by atoms with E-state index in [0.717, 1.165) is 25.2 Å². The summed E-state index contributed by atoms with van der Waals surface area (Å²) in [6.45, 7) is 4.71. The smallest absolute Gasteiger partial charge is 0.389 e.